The summed E-state index contributed by atoms with van der Waals surface area (Å²) in [7, 11) is 0. The van der Waals surface area contributed by atoms with Crippen molar-refractivity contribution in [3.8, 4) is 0 Å². The summed E-state index contributed by atoms with van der Waals surface area (Å²) in [6.45, 7) is 0. The van der Waals surface area contributed by atoms with Gasteiger partial charge in [-0.2, -0.15) is 10.2 Å². The molecule has 2 aromatic carbocycles. The number of nitrogens with zero attached hydrogens (tertiary/aromatic N) is 2. The number of hydrogen-bond donors (Lipinski definition) is 2. The van der Waals surface area contributed by atoms with Gasteiger partial charge in [-0.3, -0.25) is 9.59 Å². The predicted molar refractivity (Wildman–Crippen MR) is 99.8 cm³/mol. The van der Waals surface area contributed by atoms with E-state index in [2.05, 4.69) is 52.9 Å². The fourth-order valence-corrected chi connectivity index (χ4v) is 2.36. The number of halogens is 2. The Labute approximate surface area is 155 Å². The van der Waals surface area contributed by atoms with Gasteiger partial charge in [0.2, 0.25) is 0 Å². The zero-order chi connectivity index (χ0) is 17.4. The Morgan fingerprint density at radius 3 is 1.50 bits per heavy atom. The average molecular weight is 452 g/mol. The van der Waals surface area contributed by atoms with E-state index >= 15 is 0 Å². The summed E-state index contributed by atoms with van der Waals surface area (Å²) in [5.41, 5.74) is 5.80. The number of rotatable bonds is 4. The summed E-state index contributed by atoms with van der Waals surface area (Å²) in [5, 5.41) is 7.46. The third-order valence-electron chi connectivity index (χ3n) is 2.76. The van der Waals surface area contributed by atoms with Gasteiger partial charge in [0.1, 0.15) is 0 Å². The van der Waals surface area contributed by atoms with E-state index in [9.17, 15) is 9.59 Å². The second-order valence-electron chi connectivity index (χ2n) is 4.44. The molecule has 6 nitrogen and oxygen atoms in total. The van der Waals surface area contributed by atoms with Gasteiger partial charge in [0.25, 0.3) is 0 Å². The molecule has 2 N–H and O–H groups in total. The lowest BCUT2D eigenvalue weighted by molar-refractivity contribution is -0.139. The van der Waals surface area contributed by atoms with Crippen molar-refractivity contribution in [1.82, 2.24) is 10.9 Å². The lowest BCUT2D eigenvalue weighted by Crippen LogP contribution is -2.35. The molecule has 0 saturated carbocycles. The molecule has 0 saturated heterocycles. The second-order valence-corrected chi connectivity index (χ2v) is 6.15. The molecule has 0 unspecified atom stereocenters. The lowest BCUT2D eigenvalue weighted by Gasteiger charge is -2.00. The van der Waals surface area contributed by atoms with Crippen molar-refractivity contribution < 1.29 is 9.59 Å². The van der Waals surface area contributed by atoms with Crippen LogP contribution in [0.4, 0.5) is 0 Å². The highest BCUT2D eigenvalue weighted by molar-refractivity contribution is 9.10. The van der Waals surface area contributed by atoms with Gasteiger partial charge in [0, 0.05) is 20.1 Å². The first-order chi connectivity index (χ1) is 11.6. The molecule has 0 aliphatic rings. The van der Waals surface area contributed by atoms with E-state index in [1.165, 1.54) is 12.4 Å². The Kier molecular flexibility index (Phi) is 6.83. The van der Waals surface area contributed by atoms with Crippen LogP contribution in [-0.2, 0) is 9.59 Å². The van der Waals surface area contributed by atoms with Gasteiger partial charge in [-0.25, -0.2) is 10.9 Å². The van der Waals surface area contributed by atoms with E-state index in [0.29, 0.717) is 0 Å². The Hall–Kier alpha value is -2.32. The second kappa shape index (κ2) is 9.09. The zero-order valence-corrected chi connectivity index (χ0v) is 15.4. The Morgan fingerprint density at radius 1 is 0.750 bits per heavy atom. The molecule has 0 aliphatic carbocycles. The first kappa shape index (κ1) is 18.0. The fraction of sp³-hybridized carbons (Fsp3) is 0. The van der Waals surface area contributed by atoms with Crippen LogP contribution in [0.15, 0.2) is 67.7 Å². The number of benzene rings is 2. The van der Waals surface area contributed by atoms with Crippen molar-refractivity contribution in [2.45, 2.75) is 0 Å². The van der Waals surface area contributed by atoms with Crippen LogP contribution >= 0.6 is 31.9 Å². The molecule has 0 spiro atoms. The fourth-order valence-electron chi connectivity index (χ4n) is 1.58. The normalized spacial score (nSPS) is 10.9. The summed E-state index contributed by atoms with van der Waals surface area (Å²) < 4.78 is 1.65. The molecule has 0 bridgehead atoms. The van der Waals surface area contributed by atoms with Crippen LogP contribution < -0.4 is 10.9 Å². The Morgan fingerprint density at radius 2 is 1.12 bits per heavy atom. The maximum atomic E-state index is 11.6. The van der Waals surface area contributed by atoms with Crippen molar-refractivity contribution >= 4 is 56.1 Å². The highest BCUT2D eigenvalue weighted by atomic mass is 79.9. The SMILES string of the molecule is O=C(N/N=C\c1ccccc1Br)C(=O)N/N=C\c1ccccc1Br. The number of carbonyl (C=O) groups is 2. The van der Waals surface area contributed by atoms with Crippen LogP contribution in [0.25, 0.3) is 0 Å². The van der Waals surface area contributed by atoms with Crippen LogP contribution in [-0.4, -0.2) is 24.2 Å². The molecule has 2 aromatic rings. The molecule has 2 amide bonds. The quantitative estimate of drug-likeness (QED) is 0.425. The first-order valence-electron chi connectivity index (χ1n) is 6.73. The van der Waals surface area contributed by atoms with Crippen LogP contribution in [0.2, 0.25) is 0 Å². The van der Waals surface area contributed by atoms with Crippen LogP contribution in [0.3, 0.4) is 0 Å². The molecule has 122 valence electrons. The molecule has 0 radical (unpaired) electrons. The van der Waals surface area contributed by atoms with Gasteiger partial charge in [-0.05, 0) is 12.1 Å². The third-order valence-corrected chi connectivity index (χ3v) is 4.20. The molecule has 8 heteroatoms. The first-order valence-corrected chi connectivity index (χ1v) is 8.32. The zero-order valence-electron chi connectivity index (χ0n) is 12.2. The molecule has 0 aliphatic heterocycles. The van der Waals surface area contributed by atoms with E-state index in [0.717, 1.165) is 20.1 Å². The Balaban J connectivity index is 1.85. The van der Waals surface area contributed by atoms with Crippen molar-refractivity contribution in [3.63, 3.8) is 0 Å². The minimum atomic E-state index is -0.914. The minimum Gasteiger partial charge on any atom is -0.262 e. The molecule has 0 heterocycles. The number of amides is 2. The molecule has 0 atom stereocenters. The monoisotopic (exact) mass is 450 g/mol. The summed E-state index contributed by atoms with van der Waals surface area (Å²) in [6, 6.07) is 14.7. The van der Waals surface area contributed by atoms with Gasteiger partial charge in [0.15, 0.2) is 0 Å². The molecular formula is C16H12Br2N4O2. The number of carbonyl (C=O) groups excluding carboxylic acids is 2. The maximum Gasteiger partial charge on any atom is 0.331 e. The van der Waals surface area contributed by atoms with Gasteiger partial charge in [-0.15, -0.1) is 0 Å². The van der Waals surface area contributed by atoms with Crippen molar-refractivity contribution in [1.29, 1.82) is 0 Å². The summed E-state index contributed by atoms with van der Waals surface area (Å²) >= 11 is 6.70. The van der Waals surface area contributed by atoms with Gasteiger partial charge in [0.05, 0.1) is 12.4 Å². The van der Waals surface area contributed by atoms with E-state index in [-0.39, 0.29) is 0 Å². The van der Waals surface area contributed by atoms with Crippen LogP contribution in [0.1, 0.15) is 11.1 Å². The largest absolute Gasteiger partial charge is 0.331 e. The van der Waals surface area contributed by atoms with Crippen LogP contribution in [0.5, 0.6) is 0 Å². The van der Waals surface area contributed by atoms with E-state index in [4.69, 9.17) is 0 Å². The van der Waals surface area contributed by atoms with Crippen molar-refractivity contribution in [2.75, 3.05) is 0 Å². The Bertz CT molecular complexity index is 739. The molecule has 2 rings (SSSR count). The maximum absolute atomic E-state index is 11.6. The smallest absolute Gasteiger partial charge is 0.262 e. The van der Waals surface area contributed by atoms with Gasteiger partial charge < -0.3 is 0 Å². The van der Waals surface area contributed by atoms with Crippen LogP contribution in [0, 0.1) is 0 Å². The van der Waals surface area contributed by atoms with E-state index in [1.54, 1.807) is 0 Å². The summed E-state index contributed by atoms with van der Waals surface area (Å²) in [5.74, 6) is -1.83. The minimum absolute atomic E-state index is 0.769. The lowest BCUT2D eigenvalue weighted by atomic mass is 10.2. The number of hydrogen-bond acceptors (Lipinski definition) is 4. The van der Waals surface area contributed by atoms with E-state index < -0.39 is 11.8 Å². The van der Waals surface area contributed by atoms with Gasteiger partial charge >= 0.3 is 11.8 Å². The van der Waals surface area contributed by atoms with Crippen molar-refractivity contribution in [3.05, 3.63) is 68.6 Å². The average Bonchev–Trinajstić information content (AvgIpc) is 2.58. The van der Waals surface area contributed by atoms with E-state index in [1.807, 2.05) is 48.5 Å². The molecule has 24 heavy (non-hydrogen) atoms. The molecular weight excluding hydrogens is 440 g/mol. The summed E-state index contributed by atoms with van der Waals surface area (Å²) in [4.78, 5) is 23.2. The number of nitrogens with one attached hydrogen (secondary N) is 2. The van der Waals surface area contributed by atoms with Crippen molar-refractivity contribution in [2.24, 2.45) is 10.2 Å². The van der Waals surface area contributed by atoms with Gasteiger partial charge in [-0.1, -0.05) is 68.3 Å². The standard InChI is InChI=1S/C16H12Br2N4O2/c17-13-7-3-1-5-11(13)9-19-21-15(23)16(24)22-20-10-12-6-2-4-8-14(12)18/h1-10H,(H,21,23)(H,22,24)/b19-9-,20-10-. The topological polar surface area (TPSA) is 82.9 Å². The molecule has 0 aromatic heterocycles. The predicted octanol–water partition coefficient (Wildman–Crippen LogP) is 2.81. The highest BCUT2D eigenvalue weighted by Gasteiger charge is 2.11. The third kappa shape index (κ3) is 5.39. The molecule has 0 fully saturated rings. The highest BCUT2D eigenvalue weighted by Crippen LogP contribution is 2.13. The summed E-state index contributed by atoms with van der Waals surface area (Å²) in [6.07, 6.45) is 2.86. The number of hydrazone groups is 2.